The largest absolute Gasteiger partial charge is 0.470 e. The molecular formula is C14H8N2O2. The summed E-state index contributed by atoms with van der Waals surface area (Å²) in [6, 6.07) is 7.28. The number of hydrogen-bond donors (Lipinski definition) is 0. The maximum Gasteiger partial charge on any atom is 0.218 e. The Balaban J connectivity index is 1.87. The maximum atomic E-state index is 12.5. The number of allylic oxidation sites excluding steroid dienone is 2. The lowest BCUT2D eigenvalue weighted by molar-refractivity contribution is 0.0808. The molecule has 0 bridgehead atoms. The van der Waals surface area contributed by atoms with Gasteiger partial charge in [0.05, 0.1) is 17.5 Å². The predicted molar refractivity (Wildman–Crippen MR) is 67.3 cm³/mol. The van der Waals surface area contributed by atoms with Crippen LogP contribution in [0, 0.1) is 0 Å². The molecule has 1 aromatic carbocycles. The number of rotatable bonds is 0. The molecule has 2 heterocycles. The van der Waals surface area contributed by atoms with E-state index in [9.17, 15) is 4.79 Å². The Morgan fingerprint density at radius 1 is 1.22 bits per heavy atom. The van der Waals surface area contributed by atoms with Gasteiger partial charge in [-0.2, -0.15) is 10.2 Å². The number of ether oxygens (including phenoxy) is 1. The lowest BCUT2D eigenvalue weighted by Crippen LogP contribution is -2.38. The molecular weight excluding hydrogens is 228 g/mol. The number of Topliss-reactive ketones (excluding diaryl/α,β-unsaturated/α-hetero) is 1. The lowest BCUT2D eigenvalue weighted by atomic mass is 9.87. The van der Waals surface area contributed by atoms with Crippen molar-refractivity contribution in [2.75, 3.05) is 0 Å². The normalized spacial score (nSPS) is 26.8. The van der Waals surface area contributed by atoms with Crippen LogP contribution in [0.3, 0.4) is 0 Å². The molecule has 0 amide bonds. The smallest absolute Gasteiger partial charge is 0.218 e. The summed E-state index contributed by atoms with van der Waals surface area (Å²) in [4.78, 5) is 12.5. The van der Waals surface area contributed by atoms with Crippen molar-refractivity contribution in [3.63, 3.8) is 0 Å². The molecule has 0 N–H and O–H groups in total. The summed E-state index contributed by atoms with van der Waals surface area (Å²) in [7, 11) is 0. The van der Waals surface area contributed by atoms with Crippen LogP contribution in [0.15, 0.2) is 58.3 Å². The van der Waals surface area contributed by atoms with E-state index in [1.807, 2.05) is 12.1 Å². The SMILES string of the molecule is O=C1c2ccccc2OC12C=CC1=NN=CC1=C2. The Hall–Kier alpha value is -2.49. The van der Waals surface area contributed by atoms with E-state index in [1.165, 1.54) is 0 Å². The molecule has 1 aliphatic carbocycles. The van der Waals surface area contributed by atoms with E-state index in [-0.39, 0.29) is 5.78 Å². The van der Waals surface area contributed by atoms with Crippen molar-refractivity contribution in [1.82, 2.24) is 0 Å². The molecule has 18 heavy (non-hydrogen) atoms. The van der Waals surface area contributed by atoms with Crippen molar-refractivity contribution in [3.05, 3.63) is 53.6 Å². The zero-order chi connectivity index (χ0) is 12.2. The van der Waals surface area contributed by atoms with Crippen LogP contribution < -0.4 is 4.74 Å². The minimum Gasteiger partial charge on any atom is -0.470 e. The average molecular weight is 236 g/mol. The lowest BCUT2D eigenvalue weighted by Gasteiger charge is -2.23. The van der Waals surface area contributed by atoms with Gasteiger partial charge in [0.1, 0.15) is 5.75 Å². The van der Waals surface area contributed by atoms with Gasteiger partial charge in [0.15, 0.2) is 0 Å². The van der Waals surface area contributed by atoms with Crippen LogP contribution in [0.5, 0.6) is 5.75 Å². The molecule has 0 radical (unpaired) electrons. The zero-order valence-electron chi connectivity index (χ0n) is 9.33. The van der Waals surface area contributed by atoms with Gasteiger partial charge < -0.3 is 4.74 Å². The zero-order valence-corrected chi connectivity index (χ0v) is 9.33. The van der Waals surface area contributed by atoms with Crippen LogP contribution in [0.4, 0.5) is 0 Å². The maximum absolute atomic E-state index is 12.5. The first-order chi connectivity index (χ1) is 8.78. The summed E-state index contributed by atoms with van der Waals surface area (Å²) in [5, 5.41) is 7.78. The second kappa shape index (κ2) is 3.04. The molecule has 0 aromatic heterocycles. The van der Waals surface area contributed by atoms with Crippen LogP contribution in [-0.4, -0.2) is 23.3 Å². The van der Waals surface area contributed by atoms with E-state index in [1.54, 1.807) is 36.6 Å². The third kappa shape index (κ3) is 1.07. The Kier molecular flexibility index (Phi) is 1.61. The summed E-state index contributed by atoms with van der Waals surface area (Å²) >= 11 is 0. The first-order valence-electron chi connectivity index (χ1n) is 5.65. The summed E-state index contributed by atoms with van der Waals surface area (Å²) < 4.78 is 5.83. The molecule has 3 aliphatic rings. The standard InChI is InChI=1S/C14H8N2O2/c17-13-10-3-1-2-4-12(10)18-14(13)6-5-11-9(7-14)8-15-16-11/h1-8H. The number of hydrogen-bond acceptors (Lipinski definition) is 4. The molecule has 2 aliphatic heterocycles. The van der Waals surface area contributed by atoms with Gasteiger partial charge in [-0.15, -0.1) is 0 Å². The number of benzene rings is 1. The van der Waals surface area contributed by atoms with E-state index < -0.39 is 5.60 Å². The van der Waals surface area contributed by atoms with Gasteiger partial charge >= 0.3 is 0 Å². The second-order valence-corrected chi connectivity index (χ2v) is 4.38. The Labute approximate surface area is 103 Å². The van der Waals surface area contributed by atoms with E-state index >= 15 is 0 Å². The van der Waals surface area contributed by atoms with E-state index in [0.29, 0.717) is 11.3 Å². The van der Waals surface area contributed by atoms with Crippen LogP contribution in [0.2, 0.25) is 0 Å². The minimum absolute atomic E-state index is 0.0406. The third-order valence-electron chi connectivity index (χ3n) is 3.28. The average Bonchev–Trinajstić information content (AvgIpc) is 2.95. The first-order valence-corrected chi connectivity index (χ1v) is 5.65. The highest BCUT2D eigenvalue weighted by Gasteiger charge is 2.46. The van der Waals surface area contributed by atoms with Crippen molar-refractivity contribution in [2.45, 2.75) is 5.60 Å². The summed E-state index contributed by atoms with van der Waals surface area (Å²) in [6.07, 6.45) is 6.95. The van der Waals surface area contributed by atoms with Gasteiger partial charge in [-0.1, -0.05) is 12.1 Å². The number of carbonyl (C=O) groups is 1. The van der Waals surface area contributed by atoms with Gasteiger partial charge in [-0.3, -0.25) is 4.79 Å². The summed E-state index contributed by atoms with van der Waals surface area (Å²) in [5.74, 6) is 0.584. The van der Waals surface area contributed by atoms with Crippen LogP contribution in [-0.2, 0) is 0 Å². The van der Waals surface area contributed by atoms with E-state index in [2.05, 4.69) is 10.2 Å². The Morgan fingerprint density at radius 3 is 3.00 bits per heavy atom. The van der Waals surface area contributed by atoms with Crippen molar-refractivity contribution >= 4 is 17.7 Å². The molecule has 0 fully saturated rings. The fraction of sp³-hybridized carbons (Fsp3) is 0.0714. The fourth-order valence-corrected chi connectivity index (χ4v) is 2.39. The quantitative estimate of drug-likeness (QED) is 0.691. The van der Waals surface area contributed by atoms with Crippen molar-refractivity contribution in [1.29, 1.82) is 0 Å². The highest BCUT2D eigenvalue weighted by molar-refractivity contribution is 6.26. The number of fused-ring (bicyclic) bond motifs is 2. The molecule has 4 nitrogen and oxygen atoms in total. The molecule has 4 rings (SSSR count). The number of para-hydroxylation sites is 1. The van der Waals surface area contributed by atoms with Crippen molar-refractivity contribution in [2.24, 2.45) is 10.2 Å². The minimum atomic E-state index is -1.02. The Bertz CT molecular complexity index is 698. The highest BCUT2D eigenvalue weighted by atomic mass is 16.5. The van der Waals surface area contributed by atoms with Gasteiger partial charge in [-0.05, 0) is 30.4 Å². The van der Waals surface area contributed by atoms with Gasteiger partial charge in [0.2, 0.25) is 11.4 Å². The molecule has 0 saturated carbocycles. The summed E-state index contributed by atoms with van der Waals surface area (Å²) in [6.45, 7) is 0. The van der Waals surface area contributed by atoms with Crippen molar-refractivity contribution < 1.29 is 9.53 Å². The number of ketones is 1. The fourth-order valence-electron chi connectivity index (χ4n) is 2.39. The monoisotopic (exact) mass is 236 g/mol. The topological polar surface area (TPSA) is 51.0 Å². The molecule has 4 heteroatoms. The summed E-state index contributed by atoms with van der Waals surface area (Å²) in [5.41, 5.74) is 1.20. The number of carbonyl (C=O) groups excluding carboxylic acids is 1. The third-order valence-corrected chi connectivity index (χ3v) is 3.28. The van der Waals surface area contributed by atoms with Gasteiger partial charge in [0, 0.05) is 5.57 Å². The molecule has 0 saturated heterocycles. The Morgan fingerprint density at radius 2 is 2.11 bits per heavy atom. The second-order valence-electron chi connectivity index (χ2n) is 4.38. The van der Waals surface area contributed by atoms with Crippen molar-refractivity contribution in [3.8, 4) is 5.75 Å². The predicted octanol–water partition coefficient (Wildman–Crippen LogP) is 1.94. The van der Waals surface area contributed by atoms with Crippen LogP contribution in [0.1, 0.15) is 10.4 Å². The molecule has 86 valence electrons. The van der Waals surface area contributed by atoms with E-state index in [4.69, 9.17) is 4.74 Å². The molecule has 1 aromatic rings. The van der Waals surface area contributed by atoms with Crippen LogP contribution >= 0.6 is 0 Å². The number of nitrogens with zero attached hydrogens (tertiary/aromatic N) is 2. The molecule has 1 unspecified atom stereocenters. The van der Waals surface area contributed by atoms with E-state index in [0.717, 1.165) is 11.3 Å². The van der Waals surface area contributed by atoms with Gasteiger partial charge in [0.25, 0.3) is 0 Å². The molecule has 1 spiro atoms. The van der Waals surface area contributed by atoms with Crippen LogP contribution in [0.25, 0.3) is 0 Å². The highest BCUT2D eigenvalue weighted by Crippen LogP contribution is 2.38. The first kappa shape index (κ1) is 9.53. The van der Waals surface area contributed by atoms with Gasteiger partial charge in [-0.25, -0.2) is 0 Å². The molecule has 1 atom stereocenters.